The molecule has 0 spiro atoms. The number of urea groups is 1. The van der Waals surface area contributed by atoms with Crippen molar-refractivity contribution in [2.24, 2.45) is 0 Å². The number of aryl methyl sites for hydroxylation is 1. The summed E-state index contributed by atoms with van der Waals surface area (Å²) < 4.78 is 33.7. The number of aromatic nitrogens is 2. The Hall–Kier alpha value is -1.98. The molecule has 3 heterocycles. The summed E-state index contributed by atoms with van der Waals surface area (Å²) in [7, 11) is -3.20. The topological polar surface area (TPSA) is 115 Å². The summed E-state index contributed by atoms with van der Waals surface area (Å²) in [6.07, 6.45) is 1.10. The third kappa shape index (κ3) is 4.55. The Bertz CT molecular complexity index is 854. The van der Waals surface area contributed by atoms with E-state index in [1.165, 1.54) is 0 Å². The summed E-state index contributed by atoms with van der Waals surface area (Å²) in [5.41, 5.74) is 0. The van der Waals surface area contributed by atoms with Crippen molar-refractivity contribution in [1.82, 2.24) is 20.4 Å². The van der Waals surface area contributed by atoms with Gasteiger partial charge in [-0.25, -0.2) is 13.2 Å². The molecule has 0 bridgehead atoms. The molecule has 9 nitrogen and oxygen atoms in total. The van der Waals surface area contributed by atoms with Gasteiger partial charge < -0.3 is 19.5 Å². The zero-order valence-electron chi connectivity index (χ0n) is 13.8. The normalized spacial score (nSPS) is 15.2. The van der Waals surface area contributed by atoms with Crippen LogP contribution in [0.15, 0.2) is 20.9 Å². The Balaban J connectivity index is 1.38. The van der Waals surface area contributed by atoms with Crippen LogP contribution in [0, 0.1) is 6.92 Å². The van der Waals surface area contributed by atoms with Gasteiger partial charge in [-0.05, 0) is 19.1 Å². The molecule has 11 heteroatoms. The Morgan fingerprint density at radius 2 is 2.24 bits per heavy atom. The van der Waals surface area contributed by atoms with E-state index in [-0.39, 0.29) is 18.7 Å². The van der Waals surface area contributed by atoms with E-state index in [9.17, 15) is 13.2 Å². The van der Waals surface area contributed by atoms with Crippen LogP contribution in [0.3, 0.4) is 0 Å². The predicted octanol–water partition coefficient (Wildman–Crippen LogP) is 0.954. The summed E-state index contributed by atoms with van der Waals surface area (Å²) in [6, 6.07) is 3.05. The highest BCUT2D eigenvalue weighted by Crippen LogP contribution is 2.21. The van der Waals surface area contributed by atoms with Gasteiger partial charge in [0, 0.05) is 11.1 Å². The van der Waals surface area contributed by atoms with Gasteiger partial charge in [-0.15, -0.1) is 11.3 Å². The first-order chi connectivity index (χ1) is 11.8. The third-order valence-electron chi connectivity index (χ3n) is 3.56. The smallest absolute Gasteiger partial charge is 0.317 e. The van der Waals surface area contributed by atoms with Gasteiger partial charge in [0.05, 0.1) is 25.7 Å². The maximum atomic E-state index is 12.0. The van der Waals surface area contributed by atoms with E-state index in [0.717, 1.165) is 22.5 Å². The second-order valence-corrected chi connectivity index (χ2v) is 9.14. The second kappa shape index (κ2) is 7.10. The van der Waals surface area contributed by atoms with Crippen LogP contribution in [0.4, 0.5) is 4.79 Å². The fourth-order valence-electron chi connectivity index (χ4n) is 2.22. The standard InChI is InChI=1S/C14H18N4O5S2/c1-9-16-12(23-17-9)8-22-10-6-18(7-10)14(19)15-5-11-3-4-13(24-11)25(2,20)21/h3-4,10H,5-8H2,1-2H3,(H,15,19). The molecule has 1 saturated heterocycles. The average molecular weight is 386 g/mol. The number of ether oxygens (including phenoxy) is 1. The van der Waals surface area contributed by atoms with Gasteiger partial charge >= 0.3 is 6.03 Å². The number of hydrogen-bond acceptors (Lipinski definition) is 8. The first kappa shape index (κ1) is 17.8. The lowest BCUT2D eigenvalue weighted by Gasteiger charge is -2.38. The van der Waals surface area contributed by atoms with Crippen LogP contribution in [0.5, 0.6) is 0 Å². The molecular formula is C14H18N4O5S2. The van der Waals surface area contributed by atoms with E-state index in [1.54, 1.807) is 24.0 Å². The highest BCUT2D eigenvalue weighted by molar-refractivity contribution is 7.92. The first-order valence-electron chi connectivity index (χ1n) is 7.53. The van der Waals surface area contributed by atoms with Crippen molar-refractivity contribution in [2.75, 3.05) is 19.3 Å². The molecule has 0 atom stereocenters. The zero-order chi connectivity index (χ0) is 18.0. The van der Waals surface area contributed by atoms with Crippen molar-refractivity contribution in [1.29, 1.82) is 0 Å². The maximum absolute atomic E-state index is 12.0. The van der Waals surface area contributed by atoms with Crippen LogP contribution in [0.1, 0.15) is 16.6 Å². The molecule has 1 fully saturated rings. The molecule has 3 rings (SSSR count). The minimum Gasteiger partial charge on any atom is -0.365 e. The van der Waals surface area contributed by atoms with Crippen LogP contribution in [-0.2, 0) is 27.7 Å². The molecule has 1 N–H and O–H groups in total. The molecule has 0 unspecified atom stereocenters. The average Bonchev–Trinajstić information content (AvgIpc) is 3.12. The largest absolute Gasteiger partial charge is 0.365 e. The van der Waals surface area contributed by atoms with Crippen LogP contribution in [0.25, 0.3) is 0 Å². The van der Waals surface area contributed by atoms with E-state index in [2.05, 4.69) is 15.5 Å². The van der Waals surface area contributed by atoms with Gasteiger partial charge in [-0.1, -0.05) is 5.16 Å². The lowest BCUT2D eigenvalue weighted by atomic mass is 10.2. The Morgan fingerprint density at radius 1 is 1.48 bits per heavy atom. The van der Waals surface area contributed by atoms with Crippen molar-refractivity contribution >= 4 is 27.2 Å². The molecule has 25 heavy (non-hydrogen) atoms. The number of thiophene rings is 1. The molecule has 2 amide bonds. The van der Waals surface area contributed by atoms with E-state index >= 15 is 0 Å². The van der Waals surface area contributed by atoms with Crippen LogP contribution in [-0.4, -0.2) is 54.9 Å². The predicted molar refractivity (Wildman–Crippen MR) is 88.8 cm³/mol. The molecule has 0 radical (unpaired) electrons. The minimum absolute atomic E-state index is 0.0588. The van der Waals surface area contributed by atoms with Crippen molar-refractivity contribution in [2.45, 2.75) is 30.4 Å². The summed E-state index contributed by atoms with van der Waals surface area (Å²) in [4.78, 5) is 18.5. The quantitative estimate of drug-likeness (QED) is 0.786. The first-order valence-corrected chi connectivity index (χ1v) is 10.2. The summed E-state index contributed by atoms with van der Waals surface area (Å²) in [6.45, 7) is 3.22. The summed E-state index contributed by atoms with van der Waals surface area (Å²) in [5, 5.41) is 6.44. The Morgan fingerprint density at radius 3 is 2.84 bits per heavy atom. The number of carbonyl (C=O) groups excluding carboxylic acids is 1. The van der Waals surface area contributed by atoms with Gasteiger partial charge in [-0.2, -0.15) is 4.98 Å². The number of likely N-dealkylation sites (tertiary alicyclic amines) is 1. The number of rotatable bonds is 6. The number of sulfone groups is 1. The lowest BCUT2D eigenvalue weighted by Crippen LogP contribution is -2.57. The molecular weight excluding hydrogens is 368 g/mol. The third-order valence-corrected chi connectivity index (χ3v) is 6.47. The molecule has 2 aromatic heterocycles. The molecule has 0 saturated carbocycles. The van der Waals surface area contributed by atoms with Crippen LogP contribution < -0.4 is 5.32 Å². The van der Waals surface area contributed by atoms with Gasteiger partial charge in [0.15, 0.2) is 15.7 Å². The number of nitrogens with one attached hydrogen (secondary N) is 1. The Labute approximate surface area is 148 Å². The number of carbonyl (C=O) groups is 1. The molecule has 2 aromatic rings. The lowest BCUT2D eigenvalue weighted by molar-refractivity contribution is -0.0516. The number of nitrogens with zero attached hydrogens (tertiary/aromatic N) is 3. The zero-order valence-corrected chi connectivity index (χ0v) is 15.4. The van der Waals surface area contributed by atoms with Crippen LogP contribution >= 0.6 is 11.3 Å². The minimum atomic E-state index is -3.20. The highest BCUT2D eigenvalue weighted by Gasteiger charge is 2.31. The van der Waals surface area contributed by atoms with E-state index in [1.807, 2.05) is 0 Å². The van der Waals surface area contributed by atoms with Gasteiger partial charge in [0.1, 0.15) is 10.8 Å². The van der Waals surface area contributed by atoms with E-state index < -0.39 is 9.84 Å². The summed E-state index contributed by atoms with van der Waals surface area (Å²) in [5.74, 6) is 0.973. The van der Waals surface area contributed by atoms with Gasteiger partial charge in [0.25, 0.3) is 5.89 Å². The maximum Gasteiger partial charge on any atom is 0.317 e. The number of hydrogen-bond donors (Lipinski definition) is 1. The van der Waals surface area contributed by atoms with Crippen LogP contribution in [0.2, 0.25) is 0 Å². The van der Waals surface area contributed by atoms with E-state index in [0.29, 0.717) is 35.6 Å². The van der Waals surface area contributed by atoms with E-state index in [4.69, 9.17) is 9.26 Å². The number of amides is 2. The fourth-order valence-corrected chi connectivity index (χ4v) is 4.14. The summed E-state index contributed by atoms with van der Waals surface area (Å²) >= 11 is 1.16. The van der Waals surface area contributed by atoms with Gasteiger partial charge in [0.2, 0.25) is 0 Å². The van der Waals surface area contributed by atoms with Crippen molar-refractivity contribution in [3.05, 3.63) is 28.7 Å². The Kier molecular flexibility index (Phi) is 5.06. The van der Waals surface area contributed by atoms with Crippen molar-refractivity contribution in [3.63, 3.8) is 0 Å². The molecule has 1 aliphatic rings. The monoisotopic (exact) mass is 386 g/mol. The molecule has 1 aliphatic heterocycles. The fraction of sp³-hybridized carbons (Fsp3) is 0.500. The second-order valence-electron chi connectivity index (χ2n) is 5.72. The van der Waals surface area contributed by atoms with Crippen molar-refractivity contribution in [3.8, 4) is 0 Å². The molecule has 0 aliphatic carbocycles. The molecule has 0 aromatic carbocycles. The SMILES string of the molecule is Cc1noc(COC2CN(C(=O)NCc3ccc(S(C)(=O)=O)s3)C2)n1. The van der Waals surface area contributed by atoms with Crippen molar-refractivity contribution < 1.29 is 22.5 Å². The molecule has 136 valence electrons. The van der Waals surface area contributed by atoms with Gasteiger partial charge in [-0.3, -0.25) is 0 Å². The highest BCUT2D eigenvalue weighted by atomic mass is 32.2.